The predicted octanol–water partition coefficient (Wildman–Crippen LogP) is 2.92. The van der Waals surface area contributed by atoms with Gasteiger partial charge in [-0.25, -0.2) is 0 Å². The standard InChI is InChI=1S/C14H21NO3S/c1-9(2)4-11(5-13(16)17)6-15-14(18)12-8-19-7-10(12)3/h7-9,11H,4-6H2,1-3H3,(H,15,18)(H,16,17)/t11-/m0/s1. The number of rotatable bonds is 7. The summed E-state index contributed by atoms with van der Waals surface area (Å²) in [6.45, 7) is 6.42. The molecule has 19 heavy (non-hydrogen) atoms. The Bertz CT molecular complexity index is 440. The largest absolute Gasteiger partial charge is 0.481 e. The van der Waals surface area contributed by atoms with Gasteiger partial charge in [0.1, 0.15) is 0 Å². The molecule has 0 bridgehead atoms. The van der Waals surface area contributed by atoms with Gasteiger partial charge in [0.25, 0.3) is 5.91 Å². The third-order valence-corrected chi connectivity index (χ3v) is 3.78. The molecule has 0 saturated heterocycles. The summed E-state index contributed by atoms with van der Waals surface area (Å²) in [7, 11) is 0. The molecule has 0 saturated carbocycles. The Morgan fingerprint density at radius 2 is 2.05 bits per heavy atom. The molecule has 0 aliphatic heterocycles. The third kappa shape index (κ3) is 5.42. The maximum absolute atomic E-state index is 12.0. The van der Waals surface area contributed by atoms with Gasteiger partial charge in [0.15, 0.2) is 0 Å². The summed E-state index contributed by atoms with van der Waals surface area (Å²) in [4.78, 5) is 22.8. The zero-order valence-electron chi connectivity index (χ0n) is 11.6. The van der Waals surface area contributed by atoms with Crippen LogP contribution < -0.4 is 5.32 Å². The van der Waals surface area contributed by atoms with Gasteiger partial charge in [-0.05, 0) is 36.1 Å². The Hall–Kier alpha value is -1.36. The van der Waals surface area contributed by atoms with E-state index < -0.39 is 5.97 Å². The number of carboxylic acids is 1. The van der Waals surface area contributed by atoms with Crippen molar-refractivity contribution < 1.29 is 14.7 Å². The second-order valence-electron chi connectivity index (χ2n) is 5.27. The van der Waals surface area contributed by atoms with E-state index in [1.165, 1.54) is 11.3 Å². The fourth-order valence-corrected chi connectivity index (χ4v) is 2.91. The van der Waals surface area contributed by atoms with Crippen molar-refractivity contribution in [3.8, 4) is 0 Å². The van der Waals surface area contributed by atoms with Crippen LogP contribution in [0.25, 0.3) is 0 Å². The van der Waals surface area contributed by atoms with Crippen molar-refractivity contribution in [3.05, 3.63) is 21.9 Å². The number of aryl methyl sites for hydroxylation is 1. The molecular weight excluding hydrogens is 262 g/mol. The van der Waals surface area contributed by atoms with E-state index in [1.54, 1.807) is 0 Å². The maximum atomic E-state index is 12.0. The first-order valence-corrected chi connectivity index (χ1v) is 7.37. The van der Waals surface area contributed by atoms with Crippen molar-refractivity contribution in [1.82, 2.24) is 5.32 Å². The molecule has 5 heteroatoms. The smallest absolute Gasteiger partial charge is 0.303 e. The van der Waals surface area contributed by atoms with E-state index in [1.807, 2.05) is 17.7 Å². The molecule has 0 aliphatic rings. The minimum Gasteiger partial charge on any atom is -0.481 e. The normalized spacial score (nSPS) is 12.4. The monoisotopic (exact) mass is 283 g/mol. The molecule has 1 atom stereocenters. The van der Waals surface area contributed by atoms with E-state index in [9.17, 15) is 9.59 Å². The Labute approximate surface area is 117 Å². The van der Waals surface area contributed by atoms with Gasteiger partial charge in [-0.2, -0.15) is 11.3 Å². The van der Waals surface area contributed by atoms with Gasteiger partial charge in [0, 0.05) is 18.3 Å². The number of hydrogen-bond acceptors (Lipinski definition) is 3. The summed E-state index contributed by atoms with van der Waals surface area (Å²) in [5.41, 5.74) is 1.64. The van der Waals surface area contributed by atoms with Crippen LogP contribution in [0.15, 0.2) is 10.8 Å². The lowest BCUT2D eigenvalue weighted by molar-refractivity contribution is -0.138. The van der Waals surface area contributed by atoms with E-state index in [4.69, 9.17) is 5.11 Å². The van der Waals surface area contributed by atoms with E-state index in [0.29, 0.717) is 18.0 Å². The van der Waals surface area contributed by atoms with Crippen molar-refractivity contribution in [3.63, 3.8) is 0 Å². The van der Waals surface area contributed by atoms with Crippen molar-refractivity contribution in [2.45, 2.75) is 33.6 Å². The number of hydrogen-bond donors (Lipinski definition) is 2. The molecule has 0 aromatic carbocycles. The highest BCUT2D eigenvalue weighted by atomic mass is 32.1. The second-order valence-corrected chi connectivity index (χ2v) is 6.02. The SMILES string of the molecule is Cc1cscc1C(=O)NC[C@H](CC(=O)O)CC(C)C. The molecule has 0 radical (unpaired) electrons. The van der Waals surface area contributed by atoms with Crippen LogP contribution in [0.5, 0.6) is 0 Å². The Morgan fingerprint density at radius 1 is 1.37 bits per heavy atom. The topological polar surface area (TPSA) is 66.4 Å². The molecule has 4 nitrogen and oxygen atoms in total. The average molecular weight is 283 g/mol. The first-order valence-electron chi connectivity index (χ1n) is 6.43. The van der Waals surface area contributed by atoms with Gasteiger partial charge < -0.3 is 10.4 Å². The minimum absolute atomic E-state index is 0.0135. The first-order chi connectivity index (χ1) is 8.90. The zero-order chi connectivity index (χ0) is 14.4. The molecule has 1 amide bonds. The molecule has 0 spiro atoms. The molecule has 0 aliphatic carbocycles. The van der Waals surface area contributed by atoms with Gasteiger partial charge in [0.2, 0.25) is 0 Å². The number of amides is 1. The molecule has 1 aromatic heterocycles. The molecule has 1 heterocycles. The lowest BCUT2D eigenvalue weighted by Crippen LogP contribution is -2.31. The van der Waals surface area contributed by atoms with E-state index in [2.05, 4.69) is 19.2 Å². The third-order valence-electron chi connectivity index (χ3n) is 2.92. The Balaban J connectivity index is 2.53. The highest BCUT2D eigenvalue weighted by molar-refractivity contribution is 7.08. The average Bonchev–Trinajstić information content (AvgIpc) is 2.70. The van der Waals surface area contributed by atoms with Crippen molar-refractivity contribution in [2.75, 3.05) is 6.54 Å². The van der Waals surface area contributed by atoms with Crippen LogP contribution in [0.2, 0.25) is 0 Å². The number of carbonyl (C=O) groups excluding carboxylic acids is 1. The predicted molar refractivity (Wildman–Crippen MR) is 76.6 cm³/mol. The fraction of sp³-hybridized carbons (Fsp3) is 0.571. The van der Waals surface area contributed by atoms with Gasteiger partial charge >= 0.3 is 5.97 Å². The van der Waals surface area contributed by atoms with Crippen molar-refractivity contribution in [1.29, 1.82) is 0 Å². The van der Waals surface area contributed by atoms with Crippen LogP contribution >= 0.6 is 11.3 Å². The summed E-state index contributed by atoms with van der Waals surface area (Å²) >= 11 is 1.50. The second kappa shape index (κ2) is 7.28. The highest BCUT2D eigenvalue weighted by Crippen LogP contribution is 2.16. The van der Waals surface area contributed by atoms with Crippen LogP contribution in [0, 0.1) is 18.8 Å². The summed E-state index contributed by atoms with van der Waals surface area (Å²) in [6, 6.07) is 0. The molecule has 2 N–H and O–H groups in total. The number of thiophene rings is 1. The Morgan fingerprint density at radius 3 is 2.53 bits per heavy atom. The quantitative estimate of drug-likeness (QED) is 0.808. The molecule has 106 valence electrons. The van der Waals surface area contributed by atoms with Crippen LogP contribution in [-0.4, -0.2) is 23.5 Å². The molecule has 1 rings (SSSR count). The van der Waals surface area contributed by atoms with E-state index >= 15 is 0 Å². The summed E-state index contributed by atoms with van der Waals surface area (Å²) in [5, 5.41) is 15.5. The maximum Gasteiger partial charge on any atom is 0.303 e. The molecule has 0 fully saturated rings. The van der Waals surface area contributed by atoms with Crippen molar-refractivity contribution in [2.24, 2.45) is 11.8 Å². The molecule has 0 unspecified atom stereocenters. The highest BCUT2D eigenvalue weighted by Gasteiger charge is 2.17. The number of aliphatic carboxylic acids is 1. The minimum atomic E-state index is -0.813. The molecular formula is C14H21NO3S. The van der Waals surface area contributed by atoms with Gasteiger partial charge in [0.05, 0.1) is 5.56 Å². The van der Waals surface area contributed by atoms with E-state index in [-0.39, 0.29) is 18.2 Å². The molecule has 1 aromatic rings. The first kappa shape index (κ1) is 15.7. The zero-order valence-corrected chi connectivity index (χ0v) is 12.4. The summed E-state index contributed by atoms with van der Waals surface area (Å²) < 4.78 is 0. The summed E-state index contributed by atoms with van der Waals surface area (Å²) in [5.74, 6) is -0.519. The van der Waals surface area contributed by atoms with Crippen LogP contribution in [0.4, 0.5) is 0 Å². The van der Waals surface area contributed by atoms with E-state index in [0.717, 1.165) is 12.0 Å². The lowest BCUT2D eigenvalue weighted by atomic mass is 9.94. The lowest BCUT2D eigenvalue weighted by Gasteiger charge is -2.17. The summed E-state index contributed by atoms with van der Waals surface area (Å²) in [6.07, 6.45) is 0.899. The van der Waals surface area contributed by atoms with Crippen LogP contribution in [0.3, 0.4) is 0 Å². The van der Waals surface area contributed by atoms with Gasteiger partial charge in [-0.1, -0.05) is 13.8 Å². The number of carbonyl (C=O) groups is 2. The number of carboxylic acid groups (broad SMARTS) is 1. The Kier molecular flexibility index (Phi) is 6.02. The number of nitrogens with one attached hydrogen (secondary N) is 1. The van der Waals surface area contributed by atoms with Gasteiger partial charge in [-0.15, -0.1) is 0 Å². The van der Waals surface area contributed by atoms with Gasteiger partial charge in [-0.3, -0.25) is 9.59 Å². The fourth-order valence-electron chi connectivity index (χ4n) is 2.08. The van der Waals surface area contributed by atoms with Crippen LogP contribution in [0.1, 0.15) is 42.6 Å². The van der Waals surface area contributed by atoms with Crippen LogP contribution in [-0.2, 0) is 4.79 Å². The van der Waals surface area contributed by atoms with Crippen molar-refractivity contribution >= 4 is 23.2 Å².